The quantitative estimate of drug-likeness (QED) is 0.835. The number of hydrogen-bond donors (Lipinski definition) is 1. The van der Waals surface area contributed by atoms with E-state index in [-0.39, 0.29) is 11.4 Å². The van der Waals surface area contributed by atoms with Gasteiger partial charge in [-0.1, -0.05) is 25.1 Å². The Hall–Kier alpha value is -1.99. The highest BCUT2D eigenvalue weighted by Crippen LogP contribution is 2.35. The molecular formula is C19H22F2N2O2S. The molecule has 1 atom stereocenters. The number of rotatable bonds is 6. The van der Waals surface area contributed by atoms with Crippen molar-refractivity contribution in [3.8, 4) is 0 Å². The molecule has 0 aromatic heterocycles. The average Bonchev–Trinajstić information content (AvgIpc) is 3.07. The Morgan fingerprint density at radius 3 is 2.58 bits per heavy atom. The van der Waals surface area contributed by atoms with Gasteiger partial charge in [-0.05, 0) is 49.6 Å². The van der Waals surface area contributed by atoms with E-state index in [2.05, 4.69) is 15.7 Å². The zero-order valence-electron chi connectivity index (χ0n) is 14.8. The van der Waals surface area contributed by atoms with E-state index in [1.807, 2.05) is 32.0 Å². The Balaban J connectivity index is 1.81. The van der Waals surface area contributed by atoms with E-state index in [1.54, 1.807) is 0 Å². The van der Waals surface area contributed by atoms with Gasteiger partial charge in [-0.3, -0.25) is 0 Å². The number of sulfonamides is 1. The van der Waals surface area contributed by atoms with Gasteiger partial charge < -0.3 is 4.90 Å². The van der Waals surface area contributed by atoms with Crippen LogP contribution < -0.4 is 9.62 Å². The summed E-state index contributed by atoms with van der Waals surface area (Å²) < 4.78 is 54.0. The van der Waals surface area contributed by atoms with E-state index >= 15 is 0 Å². The topological polar surface area (TPSA) is 49.4 Å². The number of para-hydroxylation sites is 1. The van der Waals surface area contributed by atoms with Crippen LogP contribution in [0.15, 0.2) is 47.4 Å². The molecule has 3 rings (SSSR count). The summed E-state index contributed by atoms with van der Waals surface area (Å²) in [7, 11) is -3.93. The van der Waals surface area contributed by atoms with Crippen molar-refractivity contribution < 1.29 is 17.2 Å². The summed E-state index contributed by atoms with van der Waals surface area (Å²) in [6.07, 6.45) is 1.64. The van der Waals surface area contributed by atoms with Crippen molar-refractivity contribution in [2.75, 3.05) is 18.0 Å². The highest BCUT2D eigenvalue weighted by Gasteiger charge is 2.35. The van der Waals surface area contributed by atoms with Gasteiger partial charge in [0.05, 0.1) is 10.4 Å². The lowest BCUT2D eigenvalue weighted by Gasteiger charge is -2.40. The maximum atomic E-state index is 13.4. The van der Waals surface area contributed by atoms with E-state index in [0.717, 1.165) is 37.2 Å². The average molecular weight is 380 g/mol. The summed E-state index contributed by atoms with van der Waals surface area (Å²) >= 11 is 0. The summed E-state index contributed by atoms with van der Waals surface area (Å²) in [6.45, 7) is 4.99. The molecule has 4 nitrogen and oxygen atoms in total. The van der Waals surface area contributed by atoms with Crippen LogP contribution in [-0.4, -0.2) is 27.0 Å². The normalized spacial score (nSPS) is 16.4. The first-order chi connectivity index (χ1) is 12.3. The zero-order chi connectivity index (χ0) is 18.9. The number of hydrogen-bond acceptors (Lipinski definition) is 3. The molecule has 0 spiro atoms. The Bertz CT molecular complexity index is 918. The molecule has 1 N–H and O–H groups in total. The van der Waals surface area contributed by atoms with Crippen molar-refractivity contribution in [2.45, 2.75) is 37.1 Å². The molecule has 140 valence electrons. The second-order valence-electron chi connectivity index (χ2n) is 6.78. The number of nitrogens with zero attached hydrogens (tertiary/aromatic N) is 1. The van der Waals surface area contributed by atoms with Gasteiger partial charge in [0.25, 0.3) is 0 Å². The Labute approximate surface area is 152 Å². The van der Waals surface area contributed by atoms with Crippen molar-refractivity contribution in [2.24, 2.45) is 0 Å². The van der Waals surface area contributed by atoms with Crippen LogP contribution in [0.3, 0.4) is 0 Å². The minimum Gasteiger partial charge on any atom is -0.364 e. The summed E-state index contributed by atoms with van der Waals surface area (Å²) in [5.74, 6) is -2.25. The number of nitrogens with one attached hydrogen (secondary N) is 1. The second kappa shape index (κ2) is 6.96. The molecule has 0 aliphatic carbocycles. The summed E-state index contributed by atoms with van der Waals surface area (Å²) in [5.41, 5.74) is 1.93. The van der Waals surface area contributed by atoms with Crippen LogP contribution in [0.2, 0.25) is 0 Å². The van der Waals surface area contributed by atoms with E-state index in [9.17, 15) is 17.2 Å². The fourth-order valence-corrected chi connectivity index (χ4v) is 4.46. The standard InChI is InChI=1S/C19H22F2N2O2S/c1-3-19(2,23-11-10-14-6-4-5-7-18(14)23)13-22-26(24,25)15-8-9-16(20)17(21)12-15/h4-9,12,22H,3,10-11,13H2,1-2H3. The predicted molar refractivity (Wildman–Crippen MR) is 97.7 cm³/mol. The van der Waals surface area contributed by atoms with Crippen LogP contribution in [0.1, 0.15) is 25.8 Å². The maximum Gasteiger partial charge on any atom is 0.240 e. The molecule has 0 amide bonds. The molecule has 2 aromatic carbocycles. The largest absolute Gasteiger partial charge is 0.364 e. The van der Waals surface area contributed by atoms with E-state index in [1.165, 1.54) is 5.56 Å². The Morgan fingerprint density at radius 1 is 1.15 bits per heavy atom. The molecule has 1 aliphatic heterocycles. The number of benzene rings is 2. The lowest BCUT2D eigenvalue weighted by Crippen LogP contribution is -2.53. The second-order valence-corrected chi connectivity index (χ2v) is 8.55. The highest BCUT2D eigenvalue weighted by atomic mass is 32.2. The smallest absolute Gasteiger partial charge is 0.240 e. The van der Waals surface area contributed by atoms with Gasteiger partial charge >= 0.3 is 0 Å². The molecule has 0 saturated heterocycles. The van der Waals surface area contributed by atoms with Gasteiger partial charge in [-0.2, -0.15) is 0 Å². The van der Waals surface area contributed by atoms with Crippen LogP contribution in [0, 0.1) is 11.6 Å². The molecule has 1 heterocycles. The molecule has 0 bridgehead atoms. The first-order valence-corrected chi connectivity index (χ1v) is 10.1. The monoisotopic (exact) mass is 380 g/mol. The first kappa shape index (κ1) is 18.8. The maximum absolute atomic E-state index is 13.4. The fourth-order valence-electron chi connectivity index (χ4n) is 3.29. The lowest BCUT2D eigenvalue weighted by atomic mass is 9.96. The predicted octanol–water partition coefficient (Wildman–Crippen LogP) is 3.47. The van der Waals surface area contributed by atoms with Crippen molar-refractivity contribution in [3.63, 3.8) is 0 Å². The molecule has 26 heavy (non-hydrogen) atoms. The molecular weight excluding hydrogens is 358 g/mol. The van der Waals surface area contributed by atoms with E-state index < -0.39 is 27.2 Å². The van der Waals surface area contributed by atoms with E-state index in [4.69, 9.17) is 0 Å². The summed E-state index contributed by atoms with van der Waals surface area (Å²) in [6, 6.07) is 10.7. The van der Waals surface area contributed by atoms with Gasteiger partial charge in [0.2, 0.25) is 10.0 Å². The van der Waals surface area contributed by atoms with Crippen molar-refractivity contribution >= 4 is 15.7 Å². The molecule has 1 aliphatic rings. The molecule has 7 heteroatoms. The van der Waals surface area contributed by atoms with Crippen LogP contribution in [0.4, 0.5) is 14.5 Å². The van der Waals surface area contributed by atoms with Crippen molar-refractivity contribution in [1.82, 2.24) is 4.72 Å². The van der Waals surface area contributed by atoms with Crippen molar-refractivity contribution in [3.05, 3.63) is 59.7 Å². The minimum absolute atomic E-state index is 0.166. The zero-order valence-corrected chi connectivity index (χ0v) is 15.6. The Morgan fingerprint density at radius 2 is 1.88 bits per heavy atom. The molecule has 2 aromatic rings. The number of halogens is 2. The van der Waals surface area contributed by atoms with Crippen LogP contribution in [-0.2, 0) is 16.4 Å². The summed E-state index contributed by atoms with van der Waals surface area (Å²) in [5, 5.41) is 0. The molecule has 1 unspecified atom stereocenters. The van der Waals surface area contributed by atoms with Crippen molar-refractivity contribution in [1.29, 1.82) is 0 Å². The molecule has 0 saturated carbocycles. The lowest BCUT2D eigenvalue weighted by molar-refractivity contribution is 0.409. The third-order valence-electron chi connectivity index (χ3n) is 5.14. The van der Waals surface area contributed by atoms with E-state index in [0.29, 0.717) is 6.07 Å². The third-order valence-corrected chi connectivity index (χ3v) is 6.54. The molecule has 0 radical (unpaired) electrons. The number of fused-ring (bicyclic) bond motifs is 1. The minimum atomic E-state index is -3.93. The number of anilines is 1. The highest BCUT2D eigenvalue weighted by molar-refractivity contribution is 7.89. The van der Waals surface area contributed by atoms with Gasteiger partial charge in [-0.25, -0.2) is 21.9 Å². The van der Waals surface area contributed by atoms with Crippen LogP contribution in [0.5, 0.6) is 0 Å². The third kappa shape index (κ3) is 3.46. The van der Waals surface area contributed by atoms with Gasteiger partial charge in [0.15, 0.2) is 11.6 Å². The van der Waals surface area contributed by atoms with Gasteiger partial charge in [0, 0.05) is 18.8 Å². The molecule has 0 fully saturated rings. The van der Waals surface area contributed by atoms with Gasteiger partial charge in [-0.15, -0.1) is 0 Å². The summed E-state index contributed by atoms with van der Waals surface area (Å²) in [4.78, 5) is 1.94. The fraction of sp³-hybridized carbons (Fsp3) is 0.368. The van der Waals surface area contributed by atoms with Crippen LogP contribution in [0.25, 0.3) is 0 Å². The SMILES string of the molecule is CCC(C)(CNS(=O)(=O)c1ccc(F)c(F)c1)N1CCc2ccccc21. The first-order valence-electron chi connectivity index (χ1n) is 8.57. The van der Waals surface area contributed by atoms with Gasteiger partial charge in [0.1, 0.15) is 0 Å². The van der Waals surface area contributed by atoms with Crippen LogP contribution >= 0.6 is 0 Å². The Kier molecular flexibility index (Phi) is 5.03.